The summed E-state index contributed by atoms with van der Waals surface area (Å²) in [6, 6.07) is 3.02. The smallest absolute Gasteiger partial charge is 0.267 e. The number of benzene rings is 1. The molecule has 15 heavy (non-hydrogen) atoms. The van der Waals surface area contributed by atoms with E-state index in [4.69, 9.17) is 5.73 Å². The van der Waals surface area contributed by atoms with Crippen LogP contribution >= 0.6 is 0 Å². The second kappa shape index (κ2) is 4.57. The van der Waals surface area contributed by atoms with Crippen molar-refractivity contribution in [1.82, 2.24) is 0 Å². The molecule has 0 bridgehead atoms. The number of aromatic hydroxyl groups is 1. The van der Waals surface area contributed by atoms with Crippen molar-refractivity contribution in [3.05, 3.63) is 28.8 Å². The van der Waals surface area contributed by atoms with E-state index in [1.807, 2.05) is 6.92 Å². The molecular formula is C11H15F2NO. The average molecular weight is 215 g/mol. The molecule has 0 heterocycles. The highest BCUT2D eigenvalue weighted by molar-refractivity contribution is 5.44. The average Bonchev–Trinajstić information content (AvgIpc) is 2.20. The van der Waals surface area contributed by atoms with Crippen LogP contribution in [0.25, 0.3) is 0 Å². The molecule has 0 amide bonds. The van der Waals surface area contributed by atoms with E-state index < -0.39 is 6.43 Å². The first-order chi connectivity index (χ1) is 6.97. The third kappa shape index (κ3) is 2.45. The highest BCUT2D eigenvalue weighted by Gasteiger charge is 2.17. The highest BCUT2D eigenvalue weighted by Crippen LogP contribution is 2.33. The summed E-state index contributed by atoms with van der Waals surface area (Å²) in [5.74, 6) is -0.306. The van der Waals surface area contributed by atoms with Crippen molar-refractivity contribution >= 4 is 0 Å². The van der Waals surface area contributed by atoms with Gasteiger partial charge in [-0.25, -0.2) is 8.78 Å². The topological polar surface area (TPSA) is 46.2 Å². The van der Waals surface area contributed by atoms with E-state index in [0.717, 1.165) is 5.56 Å². The third-order valence-corrected chi connectivity index (χ3v) is 2.51. The van der Waals surface area contributed by atoms with Gasteiger partial charge in [-0.2, -0.15) is 0 Å². The Morgan fingerprint density at radius 2 is 2.00 bits per heavy atom. The predicted molar refractivity (Wildman–Crippen MR) is 55.3 cm³/mol. The van der Waals surface area contributed by atoms with Crippen LogP contribution in [0.2, 0.25) is 0 Å². The van der Waals surface area contributed by atoms with E-state index in [0.29, 0.717) is 12.1 Å². The first kappa shape index (κ1) is 11.9. The maximum atomic E-state index is 12.6. The van der Waals surface area contributed by atoms with Gasteiger partial charge in [0.25, 0.3) is 6.43 Å². The Kier molecular flexibility index (Phi) is 3.63. The van der Waals surface area contributed by atoms with E-state index in [9.17, 15) is 13.9 Å². The molecule has 0 spiro atoms. The Balaban J connectivity index is 3.23. The van der Waals surface area contributed by atoms with Gasteiger partial charge in [-0.1, -0.05) is 13.0 Å². The van der Waals surface area contributed by atoms with Gasteiger partial charge in [0.1, 0.15) is 5.75 Å². The largest absolute Gasteiger partial charge is 0.507 e. The van der Waals surface area contributed by atoms with Crippen LogP contribution in [0.5, 0.6) is 5.75 Å². The number of halogens is 2. The van der Waals surface area contributed by atoms with Gasteiger partial charge in [0, 0.05) is 0 Å². The van der Waals surface area contributed by atoms with Crippen LogP contribution in [0.15, 0.2) is 12.1 Å². The minimum atomic E-state index is -2.66. The van der Waals surface area contributed by atoms with Crippen molar-refractivity contribution in [3.8, 4) is 5.75 Å². The van der Waals surface area contributed by atoms with E-state index in [1.54, 1.807) is 13.0 Å². The standard InChI is InChI=1S/C11H15F2NO/c1-6-3-8(7(2)5-14)4-9(10(6)15)11(12)13/h3-4,7,11,15H,5,14H2,1-2H3. The summed E-state index contributed by atoms with van der Waals surface area (Å²) in [4.78, 5) is 0. The molecule has 2 nitrogen and oxygen atoms in total. The number of alkyl halides is 2. The van der Waals surface area contributed by atoms with Crippen LogP contribution in [0.4, 0.5) is 8.78 Å². The lowest BCUT2D eigenvalue weighted by Gasteiger charge is -2.14. The fourth-order valence-electron chi connectivity index (χ4n) is 1.42. The lowest BCUT2D eigenvalue weighted by molar-refractivity contribution is 0.147. The number of hydrogen-bond donors (Lipinski definition) is 2. The normalized spacial score (nSPS) is 13.2. The molecular weight excluding hydrogens is 200 g/mol. The molecule has 84 valence electrons. The van der Waals surface area contributed by atoms with Gasteiger partial charge in [0.2, 0.25) is 0 Å². The molecule has 1 rings (SSSR count). The van der Waals surface area contributed by atoms with Crippen LogP contribution in [-0.2, 0) is 0 Å². The summed E-state index contributed by atoms with van der Waals surface area (Å²) >= 11 is 0. The van der Waals surface area contributed by atoms with Crippen molar-refractivity contribution < 1.29 is 13.9 Å². The molecule has 0 aromatic heterocycles. The summed E-state index contributed by atoms with van der Waals surface area (Å²) < 4.78 is 25.1. The molecule has 4 heteroatoms. The zero-order valence-electron chi connectivity index (χ0n) is 8.80. The maximum absolute atomic E-state index is 12.6. The first-order valence-corrected chi connectivity index (χ1v) is 4.79. The Morgan fingerprint density at radius 3 is 2.47 bits per heavy atom. The van der Waals surface area contributed by atoms with Crippen LogP contribution in [0.1, 0.15) is 36.0 Å². The summed E-state index contributed by atoms with van der Waals surface area (Å²) in [7, 11) is 0. The first-order valence-electron chi connectivity index (χ1n) is 4.79. The number of phenols is 1. The van der Waals surface area contributed by atoms with Gasteiger partial charge in [-0.05, 0) is 36.6 Å². The fraction of sp³-hybridized carbons (Fsp3) is 0.455. The molecule has 1 unspecified atom stereocenters. The second-order valence-corrected chi connectivity index (χ2v) is 3.71. The van der Waals surface area contributed by atoms with E-state index in [-0.39, 0.29) is 17.2 Å². The number of rotatable bonds is 3. The van der Waals surface area contributed by atoms with E-state index in [1.165, 1.54) is 6.07 Å². The van der Waals surface area contributed by atoms with Crippen molar-refractivity contribution in [2.24, 2.45) is 5.73 Å². The number of phenolic OH excluding ortho intramolecular Hbond substituents is 1. The van der Waals surface area contributed by atoms with Crippen molar-refractivity contribution in [3.63, 3.8) is 0 Å². The summed E-state index contributed by atoms with van der Waals surface area (Å²) in [6.07, 6.45) is -2.66. The molecule has 0 aliphatic carbocycles. The van der Waals surface area contributed by atoms with Crippen LogP contribution in [-0.4, -0.2) is 11.7 Å². The Labute approximate surface area is 87.7 Å². The number of aryl methyl sites for hydroxylation is 1. The molecule has 0 aliphatic rings. The van der Waals surface area contributed by atoms with Crippen LogP contribution in [0, 0.1) is 6.92 Å². The zero-order valence-corrected chi connectivity index (χ0v) is 8.80. The van der Waals surface area contributed by atoms with Gasteiger partial charge in [0.05, 0.1) is 5.56 Å². The summed E-state index contributed by atoms with van der Waals surface area (Å²) in [5.41, 5.74) is 6.35. The monoisotopic (exact) mass is 215 g/mol. The summed E-state index contributed by atoms with van der Waals surface area (Å²) in [6.45, 7) is 3.86. The van der Waals surface area contributed by atoms with Crippen LogP contribution in [0.3, 0.4) is 0 Å². The van der Waals surface area contributed by atoms with Crippen molar-refractivity contribution in [2.75, 3.05) is 6.54 Å². The minimum absolute atomic E-state index is 0.0156. The van der Waals surface area contributed by atoms with Gasteiger partial charge < -0.3 is 10.8 Å². The quantitative estimate of drug-likeness (QED) is 0.814. The molecule has 1 atom stereocenters. The third-order valence-electron chi connectivity index (χ3n) is 2.51. The minimum Gasteiger partial charge on any atom is -0.507 e. The van der Waals surface area contributed by atoms with Crippen LogP contribution < -0.4 is 5.73 Å². The summed E-state index contributed by atoms with van der Waals surface area (Å²) in [5, 5.41) is 9.44. The van der Waals surface area contributed by atoms with E-state index >= 15 is 0 Å². The number of hydrogen-bond acceptors (Lipinski definition) is 2. The lowest BCUT2D eigenvalue weighted by atomic mass is 9.96. The Morgan fingerprint density at radius 1 is 1.40 bits per heavy atom. The van der Waals surface area contributed by atoms with Gasteiger partial charge >= 0.3 is 0 Å². The molecule has 0 fully saturated rings. The van der Waals surface area contributed by atoms with Gasteiger partial charge in [-0.15, -0.1) is 0 Å². The maximum Gasteiger partial charge on any atom is 0.267 e. The lowest BCUT2D eigenvalue weighted by Crippen LogP contribution is -2.09. The molecule has 0 aliphatic heterocycles. The molecule has 0 radical (unpaired) electrons. The van der Waals surface area contributed by atoms with Crippen molar-refractivity contribution in [2.45, 2.75) is 26.2 Å². The highest BCUT2D eigenvalue weighted by atomic mass is 19.3. The van der Waals surface area contributed by atoms with Gasteiger partial charge in [-0.3, -0.25) is 0 Å². The SMILES string of the molecule is Cc1cc(C(C)CN)cc(C(F)F)c1O. The second-order valence-electron chi connectivity index (χ2n) is 3.71. The predicted octanol–water partition coefficient (Wildman–Crippen LogP) is 2.70. The molecule has 1 aromatic carbocycles. The number of nitrogens with two attached hydrogens (primary N) is 1. The van der Waals surface area contributed by atoms with Gasteiger partial charge in [0.15, 0.2) is 0 Å². The molecule has 0 saturated carbocycles. The molecule has 3 N–H and O–H groups in total. The van der Waals surface area contributed by atoms with Crippen molar-refractivity contribution in [1.29, 1.82) is 0 Å². The fourth-order valence-corrected chi connectivity index (χ4v) is 1.42. The zero-order chi connectivity index (χ0) is 11.6. The van der Waals surface area contributed by atoms with E-state index in [2.05, 4.69) is 0 Å². The Hall–Kier alpha value is -1.16. The molecule has 0 saturated heterocycles. The molecule has 1 aromatic rings. The Bertz CT molecular complexity index is 353.